The highest BCUT2D eigenvalue weighted by Crippen LogP contribution is 2.27. The number of aliphatic hydroxyl groups is 2. The lowest BCUT2D eigenvalue weighted by Gasteiger charge is -2.19. The molecule has 0 fully saturated rings. The number of hydrogen-bond acceptors (Lipinski definition) is 4. The van der Waals surface area contributed by atoms with E-state index < -0.39 is 12.2 Å². The number of thioether (sulfide) groups is 1. The molecule has 2 rings (SSSR count). The predicted octanol–water partition coefficient (Wildman–Crippen LogP) is 2.51. The predicted molar refractivity (Wildman–Crippen MR) is 78.1 cm³/mol. The number of fused-ring (bicyclic) bond motifs is 1. The van der Waals surface area contributed by atoms with E-state index in [0.717, 1.165) is 22.5 Å². The highest BCUT2D eigenvalue weighted by Gasteiger charge is 2.20. The molecule has 2 atom stereocenters. The fourth-order valence-electron chi connectivity index (χ4n) is 2.01. The highest BCUT2D eigenvalue weighted by atomic mass is 32.2. The second kappa shape index (κ2) is 6.19. The summed E-state index contributed by atoms with van der Waals surface area (Å²) in [5.41, 5.74) is 0.690. The van der Waals surface area contributed by atoms with Crippen molar-refractivity contribution in [1.29, 1.82) is 0 Å². The number of hydrogen-bond donors (Lipinski definition) is 2. The van der Waals surface area contributed by atoms with E-state index in [4.69, 9.17) is 0 Å². The maximum Gasteiger partial charge on any atom is 0.185 e. The van der Waals surface area contributed by atoms with Gasteiger partial charge in [-0.05, 0) is 16.3 Å². The van der Waals surface area contributed by atoms with Crippen LogP contribution < -0.4 is 0 Å². The largest absolute Gasteiger partial charge is 0.389 e. The minimum absolute atomic E-state index is 0.0656. The number of carbonyl (C=O) groups excluding carboxylic acids is 1. The molecular formula is C15H16O3S. The minimum Gasteiger partial charge on any atom is -0.389 e. The average molecular weight is 276 g/mol. The zero-order chi connectivity index (χ0) is 13.8. The van der Waals surface area contributed by atoms with Crippen LogP contribution in [0.5, 0.6) is 0 Å². The molecule has 0 radical (unpaired) electrons. The molecule has 0 aliphatic heterocycles. The van der Waals surface area contributed by atoms with Crippen LogP contribution in [0.4, 0.5) is 0 Å². The topological polar surface area (TPSA) is 57.5 Å². The van der Waals surface area contributed by atoms with Crippen LogP contribution in [0.15, 0.2) is 42.5 Å². The van der Waals surface area contributed by atoms with Gasteiger partial charge in [0, 0.05) is 12.7 Å². The van der Waals surface area contributed by atoms with Gasteiger partial charge in [0.25, 0.3) is 0 Å². The van der Waals surface area contributed by atoms with E-state index in [2.05, 4.69) is 0 Å². The van der Waals surface area contributed by atoms with Crippen LogP contribution in [0.25, 0.3) is 10.8 Å². The molecule has 2 aromatic carbocycles. The Morgan fingerprint density at radius 2 is 1.84 bits per heavy atom. The number of aliphatic hydroxyl groups excluding tert-OH is 2. The zero-order valence-electron chi connectivity index (χ0n) is 10.6. The van der Waals surface area contributed by atoms with E-state index in [1.54, 1.807) is 6.07 Å². The molecule has 19 heavy (non-hydrogen) atoms. The number of benzene rings is 2. The van der Waals surface area contributed by atoms with Crippen LogP contribution in [-0.2, 0) is 4.79 Å². The van der Waals surface area contributed by atoms with E-state index in [0.29, 0.717) is 5.56 Å². The minimum atomic E-state index is -0.988. The quantitative estimate of drug-likeness (QED) is 0.901. The third kappa shape index (κ3) is 3.35. The summed E-state index contributed by atoms with van der Waals surface area (Å²) in [5.74, 6) is 0.194. The molecule has 100 valence electrons. The number of rotatable bonds is 4. The molecule has 4 heteroatoms. The molecule has 0 saturated heterocycles. The Kier molecular flexibility index (Phi) is 4.58. The fraction of sp³-hybridized carbons (Fsp3) is 0.267. The third-order valence-electron chi connectivity index (χ3n) is 2.96. The molecule has 0 saturated carbocycles. The standard InChI is InChI=1S/C15H16O3S/c1-10(16)19-9-14(17)15(18)13-8-4-6-11-5-2-3-7-12(11)13/h2-8,14-15,17-18H,9H2,1H3. The van der Waals surface area contributed by atoms with Crippen molar-refractivity contribution in [3.63, 3.8) is 0 Å². The van der Waals surface area contributed by atoms with Crippen LogP contribution >= 0.6 is 11.8 Å². The summed E-state index contributed by atoms with van der Waals surface area (Å²) in [4.78, 5) is 10.9. The van der Waals surface area contributed by atoms with Crippen LogP contribution in [0.2, 0.25) is 0 Å². The van der Waals surface area contributed by atoms with E-state index in [9.17, 15) is 15.0 Å². The fourth-order valence-corrected chi connectivity index (χ4v) is 2.60. The van der Waals surface area contributed by atoms with Gasteiger partial charge in [0.15, 0.2) is 5.12 Å². The lowest BCUT2D eigenvalue weighted by Crippen LogP contribution is -2.21. The smallest absolute Gasteiger partial charge is 0.185 e. The van der Waals surface area contributed by atoms with Gasteiger partial charge in [-0.2, -0.15) is 0 Å². The van der Waals surface area contributed by atoms with Crippen molar-refractivity contribution in [3.8, 4) is 0 Å². The van der Waals surface area contributed by atoms with Gasteiger partial charge < -0.3 is 10.2 Å². The normalized spacial score (nSPS) is 14.3. The molecule has 0 heterocycles. The van der Waals surface area contributed by atoms with Gasteiger partial charge in [-0.3, -0.25) is 4.79 Å². The van der Waals surface area contributed by atoms with E-state index in [-0.39, 0.29) is 10.9 Å². The molecule has 0 spiro atoms. The summed E-state index contributed by atoms with van der Waals surface area (Å²) < 4.78 is 0. The van der Waals surface area contributed by atoms with E-state index in [1.807, 2.05) is 36.4 Å². The summed E-state index contributed by atoms with van der Waals surface area (Å²) in [6.45, 7) is 1.45. The lowest BCUT2D eigenvalue weighted by molar-refractivity contribution is -0.109. The molecule has 0 aliphatic carbocycles. The molecule has 0 bridgehead atoms. The Balaban J connectivity index is 2.25. The third-order valence-corrected chi connectivity index (χ3v) is 3.88. The van der Waals surface area contributed by atoms with Crippen LogP contribution in [0.1, 0.15) is 18.6 Å². The van der Waals surface area contributed by atoms with Gasteiger partial charge in [-0.1, -0.05) is 54.2 Å². The van der Waals surface area contributed by atoms with Crippen molar-refractivity contribution in [2.24, 2.45) is 0 Å². The van der Waals surface area contributed by atoms with Crippen LogP contribution in [0.3, 0.4) is 0 Å². The zero-order valence-corrected chi connectivity index (χ0v) is 11.4. The van der Waals surface area contributed by atoms with Crippen molar-refractivity contribution in [2.45, 2.75) is 19.1 Å². The molecule has 0 amide bonds. The Morgan fingerprint density at radius 1 is 1.16 bits per heavy atom. The monoisotopic (exact) mass is 276 g/mol. The van der Waals surface area contributed by atoms with Crippen molar-refractivity contribution in [1.82, 2.24) is 0 Å². The second-order valence-electron chi connectivity index (χ2n) is 4.38. The summed E-state index contributed by atoms with van der Waals surface area (Å²) >= 11 is 1.02. The molecule has 0 aliphatic rings. The lowest BCUT2D eigenvalue weighted by atomic mass is 9.98. The summed E-state index contributed by atoms with van der Waals surface area (Å²) in [6, 6.07) is 13.3. The van der Waals surface area contributed by atoms with Crippen molar-refractivity contribution in [2.75, 3.05) is 5.75 Å². The Bertz CT molecular complexity index is 577. The van der Waals surface area contributed by atoms with Crippen molar-refractivity contribution in [3.05, 3.63) is 48.0 Å². The van der Waals surface area contributed by atoms with Crippen LogP contribution in [0, 0.1) is 0 Å². The van der Waals surface area contributed by atoms with Gasteiger partial charge in [0.2, 0.25) is 0 Å². The molecule has 3 nitrogen and oxygen atoms in total. The molecule has 2 unspecified atom stereocenters. The van der Waals surface area contributed by atoms with Crippen LogP contribution in [-0.4, -0.2) is 27.2 Å². The first-order valence-electron chi connectivity index (χ1n) is 6.06. The highest BCUT2D eigenvalue weighted by molar-refractivity contribution is 8.13. The van der Waals surface area contributed by atoms with Gasteiger partial charge in [0.05, 0.1) is 6.10 Å². The van der Waals surface area contributed by atoms with Gasteiger partial charge >= 0.3 is 0 Å². The average Bonchev–Trinajstić information content (AvgIpc) is 2.43. The Hall–Kier alpha value is -1.36. The van der Waals surface area contributed by atoms with Crippen molar-refractivity contribution >= 4 is 27.6 Å². The maximum absolute atomic E-state index is 10.9. The molecule has 0 aromatic heterocycles. The number of carbonyl (C=O) groups is 1. The molecule has 2 N–H and O–H groups in total. The van der Waals surface area contributed by atoms with E-state index in [1.165, 1.54) is 6.92 Å². The maximum atomic E-state index is 10.9. The Morgan fingerprint density at radius 3 is 2.58 bits per heavy atom. The first-order valence-corrected chi connectivity index (χ1v) is 7.05. The first kappa shape index (κ1) is 14.1. The summed E-state index contributed by atoms with van der Waals surface area (Å²) in [6.07, 6.45) is -1.95. The van der Waals surface area contributed by atoms with Crippen molar-refractivity contribution < 1.29 is 15.0 Å². The van der Waals surface area contributed by atoms with Gasteiger partial charge in [-0.25, -0.2) is 0 Å². The summed E-state index contributed by atoms with van der Waals surface area (Å²) in [7, 11) is 0. The van der Waals surface area contributed by atoms with Gasteiger partial charge in [0.1, 0.15) is 6.10 Å². The van der Waals surface area contributed by atoms with Gasteiger partial charge in [-0.15, -0.1) is 0 Å². The second-order valence-corrected chi connectivity index (χ2v) is 5.58. The first-order chi connectivity index (χ1) is 9.09. The molecular weight excluding hydrogens is 260 g/mol. The SMILES string of the molecule is CC(=O)SCC(O)C(O)c1cccc2ccccc12. The molecule has 2 aromatic rings. The Labute approximate surface area is 116 Å². The summed E-state index contributed by atoms with van der Waals surface area (Å²) in [5, 5.41) is 22.1. The van der Waals surface area contributed by atoms with E-state index >= 15 is 0 Å².